The molecule has 2 amide bonds. The van der Waals surface area contributed by atoms with E-state index in [0.29, 0.717) is 36.5 Å². The van der Waals surface area contributed by atoms with E-state index >= 15 is 0 Å². The van der Waals surface area contributed by atoms with E-state index in [4.69, 9.17) is 4.74 Å². The molecule has 2 fully saturated rings. The minimum absolute atomic E-state index is 0.0373. The third-order valence-electron chi connectivity index (χ3n) is 6.45. The molecule has 1 aromatic rings. The number of anilines is 1. The van der Waals surface area contributed by atoms with Gasteiger partial charge < -0.3 is 15.4 Å². The Kier molecular flexibility index (Phi) is 8.72. The van der Waals surface area contributed by atoms with E-state index in [1.165, 1.54) is 12.8 Å². The largest absolute Gasteiger partial charge is 0.492 e. The Morgan fingerprint density at radius 3 is 2.61 bits per heavy atom. The molecule has 0 bridgehead atoms. The van der Waals surface area contributed by atoms with Gasteiger partial charge in [0.15, 0.2) is 0 Å². The predicted octanol–water partition coefficient (Wildman–Crippen LogP) is 2.72. The first-order valence-corrected chi connectivity index (χ1v) is 11.7. The van der Waals surface area contributed by atoms with E-state index in [1.807, 2.05) is 38.1 Å². The zero-order valence-electron chi connectivity index (χ0n) is 19.2. The highest BCUT2D eigenvalue weighted by atomic mass is 16.5. The Balaban J connectivity index is 1.42. The van der Waals surface area contributed by atoms with Gasteiger partial charge in [-0.05, 0) is 44.7 Å². The maximum absolute atomic E-state index is 12.8. The van der Waals surface area contributed by atoms with Crippen LogP contribution in [0.1, 0.15) is 46.5 Å². The average molecular weight is 431 g/mol. The Bertz CT molecular complexity index is 733. The lowest BCUT2D eigenvalue weighted by Gasteiger charge is -2.37. The second kappa shape index (κ2) is 11.5. The van der Waals surface area contributed by atoms with Crippen LogP contribution in [0.4, 0.5) is 5.69 Å². The van der Waals surface area contributed by atoms with Crippen LogP contribution < -0.4 is 15.4 Å². The molecule has 2 N–H and O–H groups in total. The summed E-state index contributed by atoms with van der Waals surface area (Å²) in [6, 6.07) is 7.60. The molecule has 3 rings (SSSR count). The molecule has 172 valence electrons. The number of hydrogen-bond donors (Lipinski definition) is 2. The van der Waals surface area contributed by atoms with Crippen molar-refractivity contribution in [3.8, 4) is 5.75 Å². The lowest BCUT2D eigenvalue weighted by Crippen LogP contribution is -2.54. The van der Waals surface area contributed by atoms with Gasteiger partial charge in [-0.15, -0.1) is 0 Å². The highest BCUT2D eigenvalue weighted by Crippen LogP contribution is 2.25. The Labute approximate surface area is 186 Å². The molecule has 0 radical (unpaired) electrons. The van der Waals surface area contributed by atoms with Gasteiger partial charge in [0, 0.05) is 32.2 Å². The summed E-state index contributed by atoms with van der Waals surface area (Å²) in [6.45, 7) is 10.3. The molecule has 3 atom stereocenters. The minimum atomic E-state index is -0.241. The molecule has 0 aromatic heterocycles. The molecule has 1 aliphatic carbocycles. The zero-order chi connectivity index (χ0) is 22.2. The monoisotopic (exact) mass is 430 g/mol. The van der Waals surface area contributed by atoms with Crippen molar-refractivity contribution in [1.29, 1.82) is 0 Å². The summed E-state index contributed by atoms with van der Waals surface area (Å²) in [5, 5.41) is 6.22. The number of hydrogen-bond acceptors (Lipinski definition) is 5. The van der Waals surface area contributed by atoms with Crippen molar-refractivity contribution in [2.24, 2.45) is 5.92 Å². The first-order valence-electron chi connectivity index (χ1n) is 11.7. The van der Waals surface area contributed by atoms with Gasteiger partial charge in [-0.1, -0.05) is 31.9 Å². The van der Waals surface area contributed by atoms with Gasteiger partial charge in [0.05, 0.1) is 24.9 Å². The van der Waals surface area contributed by atoms with Gasteiger partial charge in [-0.25, -0.2) is 0 Å². The summed E-state index contributed by atoms with van der Waals surface area (Å²) in [5.41, 5.74) is 0.702. The Morgan fingerprint density at radius 2 is 1.90 bits per heavy atom. The lowest BCUT2D eigenvalue weighted by atomic mass is 9.87. The smallest absolute Gasteiger partial charge is 0.241 e. The number of nitrogens with zero attached hydrogens (tertiary/aromatic N) is 2. The molecule has 1 heterocycles. The third kappa shape index (κ3) is 6.94. The molecule has 3 unspecified atom stereocenters. The summed E-state index contributed by atoms with van der Waals surface area (Å²) < 4.78 is 5.60. The predicted molar refractivity (Wildman–Crippen MR) is 123 cm³/mol. The fraction of sp³-hybridized carbons (Fsp3) is 0.667. The number of piperazine rings is 1. The standard InChI is InChI=1S/C24H38N4O3/c1-4-31-22-11-6-5-10-21(22)26-24(30)19(3)28-14-12-27(13-15-28)17-23(29)25-20-9-7-8-18(2)16-20/h5-6,10-11,18-20H,4,7-9,12-17H2,1-3H3,(H,25,29)(H,26,30). The number of benzene rings is 1. The zero-order valence-corrected chi connectivity index (χ0v) is 19.2. The minimum Gasteiger partial charge on any atom is -0.492 e. The second-order valence-corrected chi connectivity index (χ2v) is 8.94. The van der Waals surface area contributed by atoms with Gasteiger partial charge in [-0.3, -0.25) is 19.4 Å². The number of carbonyl (C=O) groups excluding carboxylic acids is 2. The van der Waals surface area contributed by atoms with Crippen LogP contribution in [0.15, 0.2) is 24.3 Å². The molecule has 0 spiro atoms. The van der Waals surface area contributed by atoms with Crippen molar-refractivity contribution < 1.29 is 14.3 Å². The molecule has 7 heteroatoms. The van der Waals surface area contributed by atoms with Gasteiger partial charge in [0.2, 0.25) is 11.8 Å². The maximum Gasteiger partial charge on any atom is 0.241 e. The number of para-hydroxylation sites is 2. The number of rotatable bonds is 8. The van der Waals surface area contributed by atoms with Crippen molar-refractivity contribution >= 4 is 17.5 Å². The molecular formula is C24H38N4O3. The Morgan fingerprint density at radius 1 is 1.16 bits per heavy atom. The lowest BCUT2D eigenvalue weighted by molar-refractivity contribution is -0.125. The van der Waals surface area contributed by atoms with E-state index in [-0.39, 0.29) is 17.9 Å². The van der Waals surface area contributed by atoms with Crippen molar-refractivity contribution in [1.82, 2.24) is 15.1 Å². The SMILES string of the molecule is CCOc1ccccc1NC(=O)C(C)N1CCN(CC(=O)NC2CCCC(C)C2)CC1. The van der Waals surface area contributed by atoms with E-state index < -0.39 is 0 Å². The fourth-order valence-electron chi connectivity index (χ4n) is 4.60. The molecular weight excluding hydrogens is 392 g/mol. The van der Waals surface area contributed by atoms with Crippen LogP contribution in [-0.4, -0.2) is 73.0 Å². The fourth-order valence-corrected chi connectivity index (χ4v) is 4.60. The van der Waals surface area contributed by atoms with Gasteiger partial charge in [0.25, 0.3) is 0 Å². The number of amides is 2. The summed E-state index contributed by atoms with van der Waals surface area (Å²) >= 11 is 0. The van der Waals surface area contributed by atoms with Crippen LogP contribution >= 0.6 is 0 Å². The second-order valence-electron chi connectivity index (χ2n) is 8.94. The quantitative estimate of drug-likeness (QED) is 0.663. The van der Waals surface area contributed by atoms with Crippen molar-refractivity contribution in [3.05, 3.63) is 24.3 Å². The van der Waals surface area contributed by atoms with Crippen molar-refractivity contribution in [3.63, 3.8) is 0 Å². The molecule has 1 aromatic carbocycles. The average Bonchev–Trinajstić information content (AvgIpc) is 2.75. The Hall–Kier alpha value is -2.12. The van der Waals surface area contributed by atoms with Crippen molar-refractivity contribution in [2.45, 2.75) is 58.5 Å². The summed E-state index contributed by atoms with van der Waals surface area (Å²) in [6.07, 6.45) is 4.68. The van der Waals surface area contributed by atoms with Crippen LogP contribution in [0.2, 0.25) is 0 Å². The molecule has 1 aliphatic heterocycles. The van der Waals surface area contributed by atoms with E-state index in [2.05, 4.69) is 27.4 Å². The molecule has 31 heavy (non-hydrogen) atoms. The first-order chi connectivity index (χ1) is 15.0. The first kappa shape index (κ1) is 23.5. The molecule has 1 saturated carbocycles. The number of ether oxygens (including phenoxy) is 1. The highest BCUT2D eigenvalue weighted by Gasteiger charge is 2.27. The van der Waals surface area contributed by atoms with E-state index in [1.54, 1.807) is 0 Å². The van der Waals surface area contributed by atoms with Crippen LogP contribution in [0, 0.1) is 5.92 Å². The van der Waals surface area contributed by atoms with E-state index in [9.17, 15) is 9.59 Å². The van der Waals surface area contributed by atoms with Crippen molar-refractivity contribution in [2.75, 3.05) is 44.6 Å². The van der Waals surface area contributed by atoms with Crippen LogP contribution in [0.3, 0.4) is 0 Å². The van der Waals surface area contributed by atoms with Gasteiger partial charge >= 0.3 is 0 Å². The molecule has 1 saturated heterocycles. The van der Waals surface area contributed by atoms with Crippen LogP contribution in [-0.2, 0) is 9.59 Å². The summed E-state index contributed by atoms with van der Waals surface area (Å²) in [7, 11) is 0. The summed E-state index contributed by atoms with van der Waals surface area (Å²) in [4.78, 5) is 29.6. The maximum atomic E-state index is 12.8. The van der Waals surface area contributed by atoms with Crippen LogP contribution in [0.5, 0.6) is 5.75 Å². The van der Waals surface area contributed by atoms with Crippen LogP contribution in [0.25, 0.3) is 0 Å². The topological polar surface area (TPSA) is 73.9 Å². The number of nitrogens with one attached hydrogen (secondary N) is 2. The normalized spacial score (nSPS) is 23.7. The molecule has 7 nitrogen and oxygen atoms in total. The van der Waals surface area contributed by atoms with Gasteiger partial charge in [-0.2, -0.15) is 0 Å². The highest BCUT2D eigenvalue weighted by molar-refractivity contribution is 5.95. The number of carbonyl (C=O) groups is 2. The van der Waals surface area contributed by atoms with Gasteiger partial charge in [0.1, 0.15) is 5.75 Å². The third-order valence-corrected chi connectivity index (χ3v) is 6.45. The summed E-state index contributed by atoms with van der Waals surface area (Å²) in [5.74, 6) is 1.49. The van der Waals surface area contributed by atoms with E-state index in [0.717, 1.165) is 39.0 Å². The molecule has 2 aliphatic rings.